The number of Topliss-reactive ketones (excluding diaryl/α,β-unsaturated/α-hetero) is 1. The van der Waals surface area contributed by atoms with Crippen LogP contribution in [0, 0.1) is 5.82 Å². The summed E-state index contributed by atoms with van der Waals surface area (Å²) < 4.78 is 18.8. The minimum absolute atomic E-state index is 0.0579. The van der Waals surface area contributed by atoms with E-state index in [-0.39, 0.29) is 17.8 Å². The Morgan fingerprint density at radius 1 is 1.47 bits per heavy atom. The van der Waals surface area contributed by atoms with Crippen LogP contribution in [0.5, 0.6) is 5.75 Å². The van der Waals surface area contributed by atoms with E-state index in [0.717, 1.165) is 6.42 Å². The summed E-state index contributed by atoms with van der Waals surface area (Å²) in [7, 11) is 3.41. The highest BCUT2D eigenvalue weighted by Gasteiger charge is 2.18. The van der Waals surface area contributed by atoms with Gasteiger partial charge in [0, 0.05) is 19.0 Å². The summed E-state index contributed by atoms with van der Waals surface area (Å²) >= 11 is 0. The Balaban J connectivity index is 2.74. The number of ether oxygens (including phenoxy) is 1. The molecule has 0 spiro atoms. The Kier molecular flexibility index (Phi) is 5.96. The Hall–Kier alpha value is -1.42. The minimum Gasteiger partial charge on any atom is -0.496 e. The van der Waals surface area contributed by atoms with Gasteiger partial charge in [-0.3, -0.25) is 4.79 Å². The molecule has 0 aliphatic carbocycles. The summed E-state index contributed by atoms with van der Waals surface area (Å²) in [6.45, 7) is 4.82. The monoisotopic (exact) mass is 267 g/mol. The van der Waals surface area contributed by atoms with Crippen molar-refractivity contribution in [2.45, 2.75) is 32.7 Å². The van der Waals surface area contributed by atoms with Crippen molar-refractivity contribution in [3.8, 4) is 5.75 Å². The first-order valence-corrected chi connectivity index (χ1v) is 6.57. The van der Waals surface area contributed by atoms with Crippen LogP contribution in [0.3, 0.4) is 0 Å². The largest absolute Gasteiger partial charge is 0.496 e. The normalized spacial score (nSPS) is 12.5. The number of ketones is 1. The van der Waals surface area contributed by atoms with Gasteiger partial charge in [0.25, 0.3) is 0 Å². The van der Waals surface area contributed by atoms with Crippen molar-refractivity contribution in [1.82, 2.24) is 4.90 Å². The van der Waals surface area contributed by atoms with Crippen molar-refractivity contribution in [3.63, 3.8) is 0 Å². The number of nitrogens with zero attached hydrogens (tertiary/aromatic N) is 1. The summed E-state index contributed by atoms with van der Waals surface area (Å²) in [5.74, 6) is -0.433. The van der Waals surface area contributed by atoms with Gasteiger partial charge in [0.1, 0.15) is 11.6 Å². The molecule has 4 heteroatoms. The molecule has 1 aromatic carbocycles. The van der Waals surface area contributed by atoms with Crippen molar-refractivity contribution >= 4 is 5.78 Å². The average molecular weight is 267 g/mol. The molecular formula is C15H22FNO2. The van der Waals surface area contributed by atoms with E-state index in [0.29, 0.717) is 18.3 Å². The summed E-state index contributed by atoms with van der Waals surface area (Å²) in [6.07, 6.45) is 1.31. The van der Waals surface area contributed by atoms with Crippen LogP contribution in [0.2, 0.25) is 0 Å². The molecule has 0 aliphatic heterocycles. The number of halogens is 1. The van der Waals surface area contributed by atoms with Gasteiger partial charge in [-0.15, -0.1) is 0 Å². The van der Waals surface area contributed by atoms with Gasteiger partial charge in [0.05, 0.1) is 12.7 Å². The molecule has 106 valence electrons. The van der Waals surface area contributed by atoms with Crippen molar-refractivity contribution < 1.29 is 13.9 Å². The fourth-order valence-corrected chi connectivity index (χ4v) is 1.88. The first-order valence-electron chi connectivity index (χ1n) is 6.57. The number of methoxy groups -OCH3 is 1. The molecule has 3 nitrogen and oxygen atoms in total. The second kappa shape index (κ2) is 7.24. The molecule has 0 heterocycles. The minimum atomic E-state index is -0.518. The van der Waals surface area contributed by atoms with E-state index >= 15 is 0 Å². The van der Waals surface area contributed by atoms with E-state index < -0.39 is 5.82 Å². The van der Waals surface area contributed by atoms with Crippen LogP contribution in [-0.2, 0) is 0 Å². The van der Waals surface area contributed by atoms with E-state index in [1.165, 1.54) is 19.2 Å². The Bertz CT molecular complexity index is 434. The molecule has 0 aliphatic rings. The molecule has 0 aromatic heterocycles. The van der Waals surface area contributed by atoms with Gasteiger partial charge in [-0.25, -0.2) is 4.39 Å². The first kappa shape index (κ1) is 15.6. The molecule has 0 saturated heterocycles. The SMILES string of the molecule is CCC(C)N(C)CCC(=O)c1c(F)cccc1OC. The molecule has 0 radical (unpaired) electrons. The molecule has 0 bridgehead atoms. The molecule has 1 atom stereocenters. The van der Waals surface area contributed by atoms with Crippen LogP contribution in [-0.4, -0.2) is 37.4 Å². The number of benzene rings is 1. The standard InChI is InChI=1S/C15H22FNO2/c1-5-11(2)17(3)10-9-13(18)15-12(16)7-6-8-14(15)19-4/h6-8,11H,5,9-10H2,1-4H3. The number of hydrogen-bond donors (Lipinski definition) is 0. The summed E-state index contributed by atoms with van der Waals surface area (Å²) in [4.78, 5) is 14.2. The Morgan fingerprint density at radius 2 is 2.16 bits per heavy atom. The lowest BCUT2D eigenvalue weighted by molar-refractivity contribution is 0.0954. The first-order chi connectivity index (χ1) is 9.01. The number of carbonyl (C=O) groups is 1. The predicted molar refractivity (Wildman–Crippen MR) is 74.3 cm³/mol. The molecule has 1 rings (SSSR count). The maximum absolute atomic E-state index is 13.7. The van der Waals surface area contributed by atoms with E-state index in [9.17, 15) is 9.18 Å². The topological polar surface area (TPSA) is 29.5 Å². The van der Waals surface area contributed by atoms with Gasteiger partial charge < -0.3 is 9.64 Å². The summed E-state index contributed by atoms with van der Waals surface area (Å²) in [5, 5.41) is 0. The zero-order valence-electron chi connectivity index (χ0n) is 12.1. The molecule has 0 N–H and O–H groups in total. The number of hydrogen-bond acceptors (Lipinski definition) is 3. The van der Waals surface area contributed by atoms with Gasteiger partial charge >= 0.3 is 0 Å². The third kappa shape index (κ3) is 4.03. The maximum Gasteiger partial charge on any atom is 0.170 e. The molecule has 1 aromatic rings. The highest BCUT2D eigenvalue weighted by molar-refractivity contribution is 5.99. The number of carbonyl (C=O) groups excluding carboxylic acids is 1. The smallest absolute Gasteiger partial charge is 0.170 e. The van der Waals surface area contributed by atoms with Gasteiger partial charge in [0.15, 0.2) is 5.78 Å². The second-order valence-corrected chi connectivity index (χ2v) is 4.73. The fourth-order valence-electron chi connectivity index (χ4n) is 1.88. The van der Waals surface area contributed by atoms with Crippen LogP contribution in [0.4, 0.5) is 4.39 Å². The van der Waals surface area contributed by atoms with Gasteiger partial charge in [0.2, 0.25) is 0 Å². The van der Waals surface area contributed by atoms with Crippen LogP contribution in [0.15, 0.2) is 18.2 Å². The van der Waals surface area contributed by atoms with Crippen molar-refractivity contribution in [1.29, 1.82) is 0 Å². The zero-order chi connectivity index (χ0) is 14.4. The Morgan fingerprint density at radius 3 is 2.74 bits per heavy atom. The highest BCUT2D eigenvalue weighted by Crippen LogP contribution is 2.22. The van der Waals surface area contributed by atoms with Gasteiger partial charge in [-0.2, -0.15) is 0 Å². The van der Waals surface area contributed by atoms with Gasteiger partial charge in [-0.1, -0.05) is 13.0 Å². The molecule has 0 saturated carbocycles. The Labute approximate surface area is 114 Å². The molecule has 0 amide bonds. The number of rotatable bonds is 7. The second-order valence-electron chi connectivity index (χ2n) is 4.73. The van der Waals surface area contributed by atoms with Crippen LogP contribution in [0.25, 0.3) is 0 Å². The fraction of sp³-hybridized carbons (Fsp3) is 0.533. The lowest BCUT2D eigenvalue weighted by Crippen LogP contribution is -2.30. The quantitative estimate of drug-likeness (QED) is 0.711. The molecular weight excluding hydrogens is 245 g/mol. The predicted octanol–water partition coefficient (Wildman–Crippen LogP) is 3.14. The third-order valence-electron chi connectivity index (χ3n) is 3.51. The van der Waals surface area contributed by atoms with Gasteiger partial charge in [-0.05, 0) is 32.5 Å². The van der Waals surface area contributed by atoms with Crippen molar-refractivity contribution in [3.05, 3.63) is 29.6 Å². The van der Waals surface area contributed by atoms with Crippen molar-refractivity contribution in [2.75, 3.05) is 20.7 Å². The van der Waals surface area contributed by atoms with E-state index in [1.54, 1.807) is 6.07 Å². The maximum atomic E-state index is 13.7. The van der Waals surface area contributed by atoms with E-state index in [1.807, 2.05) is 7.05 Å². The molecule has 19 heavy (non-hydrogen) atoms. The lowest BCUT2D eigenvalue weighted by Gasteiger charge is -2.23. The lowest BCUT2D eigenvalue weighted by atomic mass is 10.1. The summed E-state index contributed by atoms with van der Waals surface area (Å²) in [6, 6.07) is 4.84. The van der Waals surface area contributed by atoms with Crippen LogP contribution < -0.4 is 4.74 Å². The zero-order valence-corrected chi connectivity index (χ0v) is 12.1. The third-order valence-corrected chi connectivity index (χ3v) is 3.51. The average Bonchev–Trinajstić information content (AvgIpc) is 2.42. The summed E-state index contributed by atoms with van der Waals surface area (Å²) in [5.41, 5.74) is 0.0579. The van der Waals surface area contributed by atoms with Crippen LogP contribution >= 0.6 is 0 Å². The molecule has 1 unspecified atom stereocenters. The molecule has 0 fully saturated rings. The highest BCUT2D eigenvalue weighted by atomic mass is 19.1. The van der Waals surface area contributed by atoms with Crippen molar-refractivity contribution in [2.24, 2.45) is 0 Å². The van der Waals surface area contributed by atoms with Crippen LogP contribution in [0.1, 0.15) is 37.0 Å². The van der Waals surface area contributed by atoms with E-state index in [4.69, 9.17) is 4.74 Å². The van der Waals surface area contributed by atoms with E-state index in [2.05, 4.69) is 18.7 Å².